The first-order chi connectivity index (χ1) is 5.83. The Kier molecular flexibility index (Phi) is 4.51. The summed E-state index contributed by atoms with van der Waals surface area (Å²) in [5.74, 6) is -0.390. The Labute approximate surface area is 74.8 Å². The summed E-state index contributed by atoms with van der Waals surface area (Å²) >= 11 is 0. The summed E-state index contributed by atoms with van der Waals surface area (Å²) < 4.78 is 34.7. The highest BCUT2D eigenvalue weighted by Gasteiger charge is 2.25. The zero-order valence-electron chi connectivity index (χ0n) is 7.48. The molecule has 13 heavy (non-hydrogen) atoms. The Balaban J connectivity index is 3.71. The fourth-order valence-corrected chi connectivity index (χ4v) is 0.508. The van der Waals surface area contributed by atoms with E-state index in [0.717, 1.165) is 12.3 Å². The lowest BCUT2D eigenvalue weighted by molar-refractivity contribution is -0.123. The molecule has 76 valence electrons. The molecule has 0 fully saturated rings. The third kappa shape index (κ3) is 7.36. The van der Waals surface area contributed by atoms with Gasteiger partial charge in [0.15, 0.2) is 5.78 Å². The number of hydrogen-bond acceptors (Lipinski definition) is 2. The highest BCUT2D eigenvalue weighted by Crippen LogP contribution is 2.11. The molecule has 0 aliphatic rings. The summed E-state index contributed by atoms with van der Waals surface area (Å²) in [6, 6.07) is 0. The maximum absolute atomic E-state index is 11.6. The van der Waals surface area contributed by atoms with Gasteiger partial charge in [0.05, 0.1) is 0 Å². The van der Waals surface area contributed by atoms with Gasteiger partial charge in [-0.25, -0.2) is 0 Å². The maximum atomic E-state index is 11.6. The van der Waals surface area contributed by atoms with Crippen LogP contribution in [0.15, 0.2) is 12.3 Å². The molecule has 0 radical (unpaired) electrons. The molecule has 0 rings (SSSR count). The van der Waals surface area contributed by atoms with Gasteiger partial charge in [-0.05, 0) is 6.08 Å². The van der Waals surface area contributed by atoms with E-state index in [1.54, 1.807) is 13.8 Å². The van der Waals surface area contributed by atoms with Crippen LogP contribution in [0.3, 0.4) is 0 Å². The van der Waals surface area contributed by atoms with E-state index in [1.165, 1.54) is 0 Å². The van der Waals surface area contributed by atoms with E-state index in [2.05, 4.69) is 0 Å². The quantitative estimate of drug-likeness (QED) is 0.694. The number of allylic oxidation sites excluding steroid dienone is 1. The Hall–Kier alpha value is -1.00. The van der Waals surface area contributed by atoms with Crippen molar-refractivity contribution in [3.8, 4) is 0 Å². The predicted molar refractivity (Wildman–Crippen MR) is 43.0 cm³/mol. The minimum absolute atomic E-state index is 0.191. The second kappa shape index (κ2) is 4.89. The Morgan fingerprint density at radius 1 is 1.46 bits per heavy atom. The Bertz CT molecular complexity index is 196. The fourth-order valence-electron chi connectivity index (χ4n) is 0.508. The molecule has 0 aliphatic carbocycles. The smallest absolute Gasteiger partial charge is 0.382 e. The van der Waals surface area contributed by atoms with Gasteiger partial charge in [0.25, 0.3) is 0 Å². The number of nitrogens with one attached hydrogen (secondary N) is 1. The second-order valence-corrected chi connectivity index (χ2v) is 2.89. The molecule has 5 heteroatoms. The summed E-state index contributed by atoms with van der Waals surface area (Å²) in [5.41, 5.74) is 0. The molecule has 0 atom stereocenters. The van der Waals surface area contributed by atoms with Crippen LogP contribution < -0.4 is 5.32 Å². The molecule has 0 aromatic rings. The van der Waals surface area contributed by atoms with Gasteiger partial charge in [-0.1, -0.05) is 13.8 Å². The molecule has 0 spiro atoms. The van der Waals surface area contributed by atoms with Crippen LogP contribution in [-0.2, 0) is 4.79 Å². The molecule has 0 aromatic carbocycles. The van der Waals surface area contributed by atoms with Crippen molar-refractivity contribution in [3.63, 3.8) is 0 Å². The summed E-state index contributed by atoms with van der Waals surface area (Å²) in [4.78, 5) is 10.9. The number of carbonyl (C=O) groups is 1. The lowest BCUT2D eigenvalue weighted by atomic mass is 10.1. The molecule has 0 saturated heterocycles. The van der Waals surface area contributed by atoms with Gasteiger partial charge in [-0.3, -0.25) is 4.79 Å². The minimum atomic E-state index is -4.24. The van der Waals surface area contributed by atoms with Crippen molar-refractivity contribution < 1.29 is 18.0 Å². The van der Waals surface area contributed by atoms with Gasteiger partial charge in [0, 0.05) is 12.1 Å². The number of rotatable bonds is 4. The lowest BCUT2D eigenvalue weighted by Crippen LogP contribution is -2.25. The van der Waals surface area contributed by atoms with Gasteiger partial charge in [0.1, 0.15) is 6.54 Å². The highest BCUT2D eigenvalue weighted by atomic mass is 19.4. The number of alkyl halides is 3. The highest BCUT2D eigenvalue weighted by molar-refractivity contribution is 5.90. The summed E-state index contributed by atoms with van der Waals surface area (Å²) in [6.07, 6.45) is -2.11. The van der Waals surface area contributed by atoms with Crippen LogP contribution >= 0.6 is 0 Å². The first-order valence-corrected chi connectivity index (χ1v) is 3.83. The Morgan fingerprint density at radius 2 is 2.00 bits per heavy atom. The molecule has 0 aromatic heterocycles. The van der Waals surface area contributed by atoms with Crippen LogP contribution in [0.1, 0.15) is 13.8 Å². The van der Waals surface area contributed by atoms with E-state index < -0.39 is 12.7 Å². The fraction of sp³-hybridized carbons (Fsp3) is 0.625. The zero-order valence-corrected chi connectivity index (χ0v) is 7.48. The van der Waals surface area contributed by atoms with Crippen molar-refractivity contribution in [2.75, 3.05) is 6.54 Å². The topological polar surface area (TPSA) is 29.1 Å². The average molecular weight is 195 g/mol. The first-order valence-electron chi connectivity index (χ1n) is 3.83. The van der Waals surface area contributed by atoms with Gasteiger partial charge < -0.3 is 5.32 Å². The summed E-state index contributed by atoms with van der Waals surface area (Å²) in [5, 5.41) is 1.98. The SMILES string of the molecule is CC(C)C(=O)/C=C/NCC(F)(F)F. The molecular formula is C8H12F3NO. The van der Waals surface area contributed by atoms with Crippen molar-refractivity contribution >= 4 is 5.78 Å². The van der Waals surface area contributed by atoms with Crippen LogP contribution in [0.5, 0.6) is 0 Å². The van der Waals surface area contributed by atoms with E-state index in [1.807, 2.05) is 5.32 Å². The average Bonchev–Trinajstić information content (AvgIpc) is 1.95. The normalized spacial score (nSPS) is 12.5. The largest absolute Gasteiger partial charge is 0.405 e. The summed E-state index contributed by atoms with van der Waals surface area (Å²) in [6.45, 7) is 2.24. The molecule has 0 unspecified atom stereocenters. The number of hydrogen-bond donors (Lipinski definition) is 1. The van der Waals surface area contributed by atoms with Crippen molar-refractivity contribution in [1.29, 1.82) is 0 Å². The molecule has 0 saturated carbocycles. The molecule has 0 bridgehead atoms. The lowest BCUT2D eigenvalue weighted by Gasteiger charge is -2.04. The summed E-state index contributed by atoms with van der Waals surface area (Å²) in [7, 11) is 0. The molecule has 0 amide bonds. The van der Waals surface area contributed by atoms with Crippen molar-refractivity contribution in [2.24, 2.45) is 5.92 Å². The molecule has 2 nitrogen and oxygen atoms in total. The molecule has 0 aliphatic heterocycles. The Morgan fingerprint density at radius 3 is 2.38 bits per heavy atom. The molecule has 1 N–H and O–H groups in total. The second-order valence-electron chi connectivity index (χ2n) is 2.89. The zero-order chi connectivity index (χ0) is 10.5. The minimum Gasteiger partial charge on any atom is -0.382 e. The molecule has 0 heterocycles. The number of halogens is 3. The first kappa shape index (κ1) is 12.0. The van der Waals surface area contributed by atoms with Crippen molar-refractivity contribution in [2.45, 2.75) is 20.0 Å². The van der Waals surface area contributed by atoms with E-state index in [0.29, 0.717) is 0 Å². The number of carbonyl (C=O) groups excluding carboxylic acids is 1. The van der Waals surface area contributed by atoms with Crippen LogP contribution in [0.2, 0.25) is 0 Å². The van der Waals surface area contributed by atoms with Crippen molar-refractivity contribution in [1.82, 2.24) is 5.32 Å². The van der Waals surface area contributed by atoms with E-state index >= 15 is 0 Å². The van der Waals surface area contributed by atoms with E-state index in [-0.39, 0.29) is 11.7 Å². The third-order valence-electron chi connectivity index (χ3n) is 1.24. The van der Waals surface area contributed by atoms with Gasteiger partial charge in [-0.2, -0.15) is 13.2 Å². The van der Waals surface area contributed by atoms with Gasteiger partial charge in [0.2, 0.25) is 0 Å². The van der Waals surface area contributed by atoms with Crippen molar-refractivity contribution in [3.05, 3.63) is 12.3 Å². The standard InChI is InChI=1S/C8H12F3NO/c1-6(2)7(13)3-4-12-5-8(9,10)11/h3-4,6,12H,5H2,1-2H3/b4-3+. The van der Waals surface area contributed by atoms with Gasteiger partial charge >= 0.3 is 6.18 Å². The van der Waals surface area contributed by atoms with Crippen LogP contribution in [0.4, 0.5) is 13.2 Å². The van der Waals surface area contributed by atoms with E-state index in [9.17, 15) is 18.0 Å². The van der Waals surface area contributed by atoms with Gasteiger partial charge in [-0.15, -0.1) is 0 Å². The van der Waals surface area contributed by atoms with Crippen LogP contribution in [0.25, 0.3) is 0 Å². The molecular weight excluding hydrogens is 183 g/mol. The third-order valence-corrected chi connectivity index (χ3v) is 1.24. The monoisotopic (exact) mass is 195 g/mol. The van der Waals surface area contributed by atoms with Crippen LogP contribution in [0, 0.1) is 5.92 Å². The predicted octanol–water partition coefficient (Wildman–Crippen LogP) is 1.88. The number of ketones is 1. The maximum Gasteiger partial charge on any atom is 0.405 e. The van der Waals surface area contributed by atoms with Crippen LogP contribution in [-0.4, -0.2) is 18.5 Å². The van der Waals surface area contributed by atoms with E-state index in [4.69, 9.17) is 0 Å².